The zero-order valence-corrected chi connectivity index (χ0v) is 13.0. The third-order valence-corrected chi connectivity index (χ3v) is 3.20. The summed E-state index contributed by atoms with van der Waals surface area (Å²) in [6, 6.07) is 10.5. The summed E-state index contributed by atoms with van der Waals surface area (Å²) >= 11 is 0. The molecule has 0 atom stereocenters. The van der Waals surface area contributed by atoms with Crippen LogP contribution in [0.1, 0.15) is 17.7 Å². The first-order valence-electron chi connectivity index (χ1n) is 7.58. The predicted molar refractivity (Wildman–Crippen MR) is 85.9 cm³/mol. The van der Waals surface area contributed by atoms with E-state index < -0.39 is 11.9 Å². The molecule has 2 aromatic rings. The third-order valence-electron chi connectivity index (χ3n) is 3.20. The van der Waals surface area contributed by atoms with Gasteiger partial charge < -0.3 is 15.7 Å². The van der Waals surface area contributed by atoms with E-state index in [1.807, 2.05) is 30.3 Å². The minimum absolute atomic E-state index is 0.0614. The lowest BCUT2D eigenvalue weighted by atomic mass is 10.1. The minimum Gasteiger partial charge on any atom is -0.396 e. The molecule has 3 N–H and O–H groups in total. The molecule has 0 fully saturated rings. The average Bonchev–Trinajstić information content (AvgIpc) is 2.55. The monoisotopic (exact) mass is 340 g/mol. The summed E-state index contributed by atoms with van der Waals surface area (Å²) in [6.07, 6.45) is -3.48. The number of aliphatic hydroxyl groups is 1. The molecule has 1 aromatic heterocycles. The fourth-order valence-corrected chi connectivity index (χ4v) is 2.02. The lowest BCUT2D eigenvalue weighted by Gasteiger charge is -2.12. The van der Waals surface area contributed by atoms with E-state index in [1.54, 1.807) is 0 Å². The van der Waals surface area contributed by atoms with Gasteiger partial charge in [-0.05, 0) is 18.4 Å². The van der Waals surface area contributed by atoms with Gasteiger partial charge in [0.25, 0.3) is 0 Å². The van der Waals surface area contributed by atoms with Crippen LogP contribution in [0.25, 0.3) is 0 Å². The van der Waals surface area contributed by atoms with Gasteiger partial charge in [-0.1, -0.05) is 30.3 Å². The lowest BCUT2D eigenvalue weighted by molar-refractivity contribution is -0.141. The van der Waals surface area contributed by atoms with Gasteiger partial charge in [0, 0.05) is 25.8 Å². The average molecular weight is 340 g/mol. The van der Waals surface area contributed by atoms with Crippen LogP contribution in [0.4, 0.5) is 24.9 Å². The van der Waals surface area contributed by atoms with Gasteiger partial charge in [0.2, 0.25) is 5.95 Å². The van der Waals surface area contributed by atoms with E-state index in [1.165, 1.54) is 0 Å². The van der Waals surface area contributed by atoms with Gasteiger partial charge in [-0.15, -0.1) is 0 Å². The second-order valence-electron chi connectivity index (χ2n) is 5.13. The standard InChI is InChI=1S/C16H19F3N4O/c17-16(18,19)13-11-14(23-15(22-13)21-8-4-10-24)20-9-7-12-5-2-1-3-6-12/h1-3,5-6,11,24H,4,7-10H2,(H2,20,21,22,23). The number of rotatable bonds is 8. The van der Waals surface area contributed by atoms with Crippen LogP contribution in [0.2, 0.25) is 0 Å². The van der Waals surface area contributed by atoms with E-state index in [-0.39, 0.29) is 18.4 Å². The summed E-state index contributed by atoms with van der Waals surface area (Å²) in [7, 11) is 0. The predicted octanol–water partition coefficient (Wildman–Crippen LogP) is 2.94. The summed E-state index contributed by atoms with van der Waals surface area (Å²) < 4.78 is 38.8. The molecule has 0 aliphatic carbocycles. The number of anilines is 2. The van der Waals surface area contributed by atoms with Gasteiger partial charge in [0.1, 0.15) is 5.82 Å². The Kier molecular flexibility index (Phi) is 6.36. The Labute approximate surface area is 138 Å². The van der Waals surface area contributed by atoms with Crippen molar-refractivity contribution in [2.75, 3.05) is 30.3 Å². The first-order chi connectivity index (χ1) is 11.5. The number of alkyl halides is 3. The second kappa shape index (κ2) is 8.49. The SMILES string of the molecule is OCCCNc1nc(NCCc2ccccc2)cc(C(F)(F)F)n1. The van der Waals surface area contributed by atoms with E-state index in [0.29, 0.717) is 25.9 Å². The number of benzene rings is 1. The first-order valence-corrected chi connectivity index (χ1v) is 7.58. The van der Waals surface area contributed by atoms with E-state index in [0.717, 1.165) is 11.6 Å². The van der Waals surface area contributed by atoms with Crippen molar-refractivity contribution in [3.63, 3.8) is 0 Å². The molecule has 8 heteroatoms. The Morgan fingerprint density at radius 2 is 1.75 bits per heavy atom. The van der Waals surface area contributed by atoms with E-state index >= 15 is 0 Å². The number of nitrogens with zero attached hydrogens (tertiary/aromatic N) is 2. The van der Waals surface area contributed by atoms with Crippen LogP contribution < -0.4 is 10.6 Å². The Bertz CT molecular complexity index is 635. The highest BCUT2D eigenvalue weighted by molar-refractivity contribution is 5.43. The maximum absolute atomic E-state index is 12.9. The zero-order chi connectivity index (χ0) is 17.4. The molecule has 1 aromatic carbocycles. The van der Waals surface area contributed by atoms with Crippen molar-refractivity contribution in [1.29, 1.82) is 0 Å². The molecule has 0 bridgehead atoms. The molecule has 0 saturated carbocycles. The maximum Gasteiger partial charge on any atom is 0.433 e. The summed E-state index contributed by atoms with van der Waals surface area (Å²) in [4.78, 5) is 7.51. The molecule has 0 aliphatic heterocycles. The smallest absolute Gasteiger partial charge is 0.396 e. The van der Waals surface area contributed by atoms with Crippen molar-refractivity contribution in [1.82, 2.24) is 9.97 Å². The summed E-state index contributed by atoms with van der Waals surface area (Å²) in [5.74, 6) is 0.000223. The van der Waals surface area contributed by atoms with Crippen LogP contribution >= 0.6 is 0 Å². The van der Waals surface area contributed by atoms with Gasteiger partial charge in [-0.2, -0.15) is 18.2 Å². The molecule has 0 radical (unpaired) electrons. The number of aliphatic hydroxyl groups excluding tert-OH is 1. The fraction of sp³-hybridized carbons (Fsp3) is 0.375. The number of nitrogens with one attached hydrogen (secondary N) is 2. The largest absolute Gasteiger partial charge is 0.433 e. The Balaban J connectivity index is 2.05. The second-order valence-corrected chi connectivity index (χ2v) is 5.13. The molecule has 0 saturated heterocycles. The summed E-state index contributed by atoms with van der Waals surface area (Å²) in [6.45, 7) is 0.684. The van der Waals surface area contributed by atoms with Crippen LogP contribution in [0.5, 0.6) is 0 Å². The number of aromatic nitrogens is 2. The van der Waals surface area contributed by atoms with Crippen molar-refractivity contribution in [3.8, 4) is 0 Å². The molecule has 0 spiro atoms. The Morgan fingerprint density at radius 3 is 2.42 bits per heavy atom. The Hall–Kier alpha value is -2.35. The number of hydrogen-bond donors (Lipinski definition) is 3. The van der Waals surface area contributed by atoms with Crippen LogP contribution in [0, 0.1) is 0 Å². The number of hydrogen-bond acceptors (Lipinski definition) is 5. The molecule has 130 valence electrons. The maximum atomic E-state index is 12.9. The van der Waals surface area contributed by atoms with Crippen molar-refractivity contribution >= 4 is 11.8 Å². The lowest BCUT2D eigenvalue weighted by Crippen LogP contribution is -2.15. The quantitative estimate of drug-likeness (QED) is 0.645. The molecule has 5 nitrogen and oxygen atoms in total. The highest BCUT2D eigenvalue weighted by Crippen LogP contribution is 2.29. The molecule has 0 amide bonds. The first kappa shape index (κ1) is 18.0. The molecule has 24 heavy (non-hydrogen) atoms. The van der Waals surface area contributed by atoms with Crippen LogP contribution in [-0.2, 0) is 12.6 Å². The van der Waals surface area contributed by atoms with Crippen molar-refractivity contribution in [2.45, 2.75) is 19.0 Å². The molecule has 1 heterocycles. The molecule has 0 aliphatic rings. The van der Waals surface area contributed by atoms with Gasteiger partial charge in [-0.3, -0.25) is 0 Å². The van der Waals surface area contributed by atoms with Crippen LogP contribution in [0.15, 0.2) is 36.4 Å². The van der Waals surface area contributed by atoms with Crippen LogP contribution in [-0.4, -0.2) is 34.8 Å². The van der Waals surface area contributed by atoms with Gasteiger partial charge in [0.05, 0.1) is 0 Å². The molecular weight excluding hydrogens is 321 g/mol. The topological polar surface area (TPSA) is 70.1 Å². The van der Waals surface area contributed by atoms with Crippen molar-refractivity contribution < 1.29 is 18.3 Å². The van der Waals surface area contributed by atoms with Crippen molar-refractivity contribution in [2.24, 2.45) is 0 Å². The summed E-state index contributed by atoms with van der Waals surface area (Å²) in [5, 5.41) is 14.3. The molecule has 2 rings (SSSR count). The van der Waals surface area contributed by atoms with E-state index in [2.05, 4.69) is 20.6 Å². The molecule has 0 unspecified atom stereocenters. The summed E-state index contributed by atoms with van der Waals surface area (Å²) in [5.41, 5.74) is 0.0719. The fourth-order valence-electron chi connectivity index (χ4n) is 2.02. The van der Waals surface area contributed by atoms with Gasteiger partial charge >= 0.3 is 6.18 Å². The third kappa shape index (κ3) is 5.69. The Morgan fingerprint density at radius 1 is 1.00 bits per heavy atom. The highest BCUT2D eigenvalue weighted by atomic mass is 19.4. The highest BCUT2D eigenvalue weighted by Gasteiger charge is 2.33. The van der Waals surface area contributed by atoms with Crippen molar-refractivity contribution in [3.05, 3.63) is 47.7 Å². The van der Waals surface area contributed by atoms with Gasteiger partial charge in [0.15, 0.2) is 5.69 Å². The minimum atomic E-state index is -4.55. The normalized spacial score (nSPS) is 11.3. The van der Waals surface area contributed by atoms with Crippen LogP contribution in [0.3, 0.4) is 0 Å². The van der Waals surface area contributed by atoms with E-state index in [4.69, 9.17) is 5.11 Å². The zero-order valence-electron chi connectivity index (χ0n) is 13.0. The van der Waals surface area contributed by atoms with Gasteiger partial charge in [-0.25, -0.2) is 4.98 Å². The number of halogens is 3. The van der Waals surface area contributed by atoms with E-state index in [9.17, 15) is 13.2 Å². The molecular formula is C16H19F3N4O.